The second-order valence-corrected chi connectivity index (χ2v) is 16.6. The van der Waals surface area contributed by atoms with E-state index in [9.17, 15) is 48.9 Å². The molecule has 332 valence electrons. The number of allylic oxidation sites excluding steroid dienone is 1. The van der Waals surface area contributed by atoms with Crippen molar-refractivity contribution in [1.82, 2.24) is 31.9 Å². The van der Waals surface area contributed by atoms with Crippen LogP contribution in [0.25, 0.3) is 0 Å². The number of esters is 1. The van der Waals surface area contributed by atoms with Crippen molar-refractivity contribution in [3.8, 4) is 0 Å². The van der Waals surface area contributed by atoms with Gasteiger partial charge in [-0.25, -0.2) is 4.79 Å². The largest absolute Gasteiger partial charge is 0.458 e. The van der Waals surface area contributed by atoms with Crippen LogP contribution in [0.15, 0.2) is 12.2 Å². The van der Waals surface area contributed by atoms with E-state index in [1.54, 1.807) is 0 Å². The van der Waals surface area contributed by atoms with Gasteiger partial charge in [-0.1, -0.05) is 79.9 Å². The van der Waals surface area contributed by atoms with E-state index >= 15 is 0 Å². The summed E-state index contributed by atoms with van der Waals surface area (Å²) in [7, 11) is 0. The summed E-state index contributed by atoms with van der Waals surface area (Å²) in [5.41, 5.74) is 0. The number of nitrogens with one attached hydrogen (secondary N) is 6. The smallest absolute Gasteiger partial charge is 0.328 e. The van der Waals surface area contributed by atoms with E-state index in [1.165, 1.54) is 13.8 Å². The first-order valence-electron chi connectivity index (χ1n) is 20.8. The molecule has 1 saturated heterocycles. The lowest BCUT2D eigenvalue weighted by atomic mass is 9.99. The monoisotopic (exact) mass is 825 g/mol. The molecule has 17 heteroatoms. The Morgan fingerprint density at radius 2 is 1.34 bits per heavy atom. The first-order valence-corrected chi connectivity index (χ1v) is 20.8. The minimum Gasteiger partial charge on any atom is -0.458 e. The number of hydrogen-bond acceptors (Lipinski definition) is 11. The van der Waals surface area contributed by atoms with E-state index in [0.717, 1.165) is 32.1 Å². The molecule has 0 aromatic heterocycles. The summed E-state index contributed by atoms with van der Waals surface area (Å²) >= 11 is 0. The van der Waals surface area contributed by atoms with Crippen LogP contribution in [0.1, 0.15) is 127 Å². The van der Waals surface area contributed by atoms with Gasteiger partial charge in [0, 0.05) is 0 Å². The molecule has 0 radical (unpaired) electrons. The number of cyclic esters (lactones) is 1. The second kappa shape index (κ2) is 26.8. The molecule has 9 N–H and O–H groups in total. The van der Waals surface area contributed by atoms with Gasteiger partial charge in [0.25, 0.3) is 0 Å². The van der Waals surface area contributed by atoms with Crippen molar-refractivity contribution in [2.75, 3.05) is 6.61 Å². The molecule has 1 rings (SSSR count). The molecule has 0 aromatic rings. The molecule has 17 nitrogen and oxygen atoms in total. The van der Waals surface area contributed by atoms with Crippen molar-refractivity contribution in [2.45, 2.75) is 181 Å². The predicted octanol–water partition coefficient (Wildman–Crippen LogP) is 1.02. The zero-order valence-corrected chi connectivity index (χ0v) is 36.0. The van der Waals surface area contributed by atoms with Crippen LogP contribution in [0, 0.1) is 17.8 Å². The number of hydrogen-bond donors (Lipinski definition) is 9. The number of carbonyl (C=O) groups excluding carboxylic acids is 7. The predicted molar refractivity (Wildman–Crippen MR) is 217 cm³/mol. The fourth-order valence-corrected chi connectivity index (χ4v) is 6.33. The Kier molecular flexibility index (Phi) is 24.0. The van der Waals surface area contributed by atoms with Crippen molar-refractivity contribution in [3.05, 3.63) is 12.2 Å². The highest BCUT2D eigenvalue weighted by atomic mass is 16.5. The maximum atomic E-state index is 13.9. The second-order valence-electron chi connectivity index (χ2n) is 16.6. The number of amides is 6. The highest BCUT2D eigenvalue weighted by molar-refractivity contribution is 5.97. The minimum atomic E-state index is -1.71. The highest BCUT2D eigenvalue weighted by Gasteiger charge is 2.39. The molecule has 0 aliphatic carbocycles. The van der Waals surface area contributed by atoms with Gasteiger partial charge in [0.1, 0.15) is 42.4 Å². The van der Waals surface area contributed by atoms with Crippen LogP contribution in [-0.4, -0.2) is 118 Å². The maximum absolute atomic E-state index is 13.9. The number of carbonyl (C=O) groups is 7. The SMILES string of the molecule is CCCCCC/C=C/CC(O)CC(=O)NC(CC(C)C)C(=O)NC1C(=O)NC(CO)C(=O)NC(C(C)O)C(=O)NC(CC(C)C)C(=O)NC(CC(C)C)C(=O)OC1C. The third-order valence-corrected chi connectivity index (χ3v) is 9.46. The molecular formula is C41H72N6O11. The summed E-state index contributed by atoms with van der Waals surface area (Å²) < 4.78 is 5.71. The number of aliphatic hydroxyl groups is 3. The maximum Gasteiger partial charge on any atom is 0.328 e. The number of ether oxygens (including phenoxy) is 1. The van der Waals surface area contributed by atoms with Gasteiger partial charge in [0.05, 0.1) is 25.2 Å². The van der Waals surface area contributed by atoms with E-state index in [0.29, 0.717) is 0 Å². The number of rotatable bonds is 20. The molecular weight excluding hydrogens is 752 g/mol. The molecule has 9 unspecified atom stereocenters. The normalized spacial score (nSPS) is 24.4. The molecule has 0 spiro atoms. The van der Waals surface area contributed by atoms with Gasteiger partial charge in [0.2, 0.25) is 35.4 Å². The molecule has 9 atom stereocenters. The lowest BCUT2D eigenvalue weighted by molar-refractivity contribution is -0.156. The van der Waals surface area contributed by atoms with Gasteiger partial charge in [-0.2, -0.15) is 0 Å². The molecule has 1 aliphatic heterocycles. The van der Waals surface area contributed by atoms with Crippen molar-refractivity contribution in [2.24, 2.45) is 17.8 Å². The fourth-order valence-electron chi connectivity index (χ4n) is 6.33. The van der Waals surface area contributed by atoms with E-state index < -0.39 is 103 Å². The van der Waals surface area contributed by atoms with Gasteiger partial charge in [-0.3, -0.25) is 28.8 Å². The summed E-state index contributed by atoms with van der Waals surface area (Å²) in [4.78, 5) is 95.0. The average Bonchev–Trinajstić information content (AvgIpc) is 3.12. The Morgan fingerprint density at radius 3 is 1.91 bits per heavy atom. The van der Waals surface area contributed by atoms with Crippen molar-refractivity contribution < 1.29 is 53.6 Å². The Hall–Kier alpha value is -4.09. The number of unbranched alkanes of at least 4 members (excludes halogenated alkanes) is 4. The van der Waals surface area contributed by atoms with Gasteiger partial charge >= 0.3 is 5.97 Å². The summed E-state index contributed by atoms with van der Waals surface area (Å²) in [6.07, 6.45) is 5.48. The van der Waals surface area contributed by atoms with E-state index in [4.69, 9.17) is 4.74 Å². The minimum absolute atomic E-state index is 0.102. The molecule has 58 heavy (non-hydrogen) atoms. The quantitative estimate of drug-likeness (QED) is 0.0476. The molecule has 0 saturated carbocycles. The van der Waals surface area contributed by atoms with E-state index in [-0.39, 0.29) is 49.9 Å². The third kappa shape index (κ3) is 19.6. The average molecular weight is 825 g/mol. The zero-order valence-electron chi connectivity index (χ0n) is 36.0. The van der Waals surface area contributed by atoms with Crippen LogP contribution >= 0.6 is 0 Å². The summed E-state index contributed by atoms with van der Waals surface area (Å²) in [6, 6.07) is -8.67. The Labute approximate surface area is 344 Å². The standard InChI is InChI=1S/C41H72N6O11/c1-10-11-12-13-14-15-16-17-28(50)21-33(51)42-29(18-23(2)3)37(53)47-35-27(9)58-41(57)31(20-25(6)7)44-36(52)30(19-24(4)5)43-39(55)34(26(8)49)46-38(54)32(22-48)45-40(35)56/h15-16,23-32,34-35,48-50H,10-14,17-22H2,1-9H3,(H,42,51)(H,43,55)(H,44,52)(H,45,56)(H,46,54)(H,47,53)/b16-15+. The first-order chi connectivity index (χ1) is 27.2. The molecule has 1 fully saturated rings. The molecule has 1 aliphatic rings. The molecule has 6 amide bonds. The molecule has 0 bridgehead atoms. The molecule has 1 heterocycles. The summed E-state index contributed by atoms with van der Waals surface area (Å²) in [5.74, 6) is -6.57. The van der Waals surface area contributed by atoms with Crippen LogP contribution in [0.4, 0.5) is 0 Å². The summed E-state index contributed by atoms with van der Waals surface area (Å²) in [6.45, 7) is 14.6. The molecule has 0 aromatic carbocycles. The number of aliphatic hydroxyl groups excluding tert-OH is 3. The van der Waals surface area contributed by atoms with Crippen molar-refractivity contribution in [1.29, 1.82) is 0 Å². The fraction of sp³-hybridized carbons (Fsp3) is 0.780. The van der Waals surface area contributed by atoms with Gasteiger partial charge < -0.3 is 52.0 Å². The van der Waals surface area contributed by atoms with Crippen LogP contribution < -0.4 is 31.9 Å². The lowest BCUT2D eigenvalue weighted by Crippen LogP contribution is -2.64. The Morgan fingerprint density at radius 1 is 0.759 bits per heavy atom. The van der Waals surface area contributed by atoms with Crippen LogP contribution in [0.2, 0.25) is 0 Å². The third-order valence-electron chi connectivity index (χ3n) is 9.46. The van der Waals surface area contributed by atoms with Crippen LogP contribution in [0.3, 0.4) is 0 Å². The van der Waals surface area contributed by atoms with Gasteiger partial charge in [-0.15, -0.1) is 0 Å². The Balaban J connectivity index is 3.50. The van der Waals surface area contributed by atoms with Gasteiger partial charge in [-0.05, 0) is 70.1 Å². The van der Waals surface area contributed by atoms with Crippen LogP contribution in [0.5, 0.6) is 0 Å². The lowest BCUT2D eigenvalue weighted by Gasteiger charge is -2.31. The van der Waals surface area contributed by atoms with E-state index in [1.807, 2.05) is 53.7 Å². The summed E-state index contributed by atoms with van der Waals surface area (Å²) in [5, 5.41) is 46.2. The van der Waals surface area contributed by atoms with Crippen LogP contribution in [-0.2, 0) is 38.3 Å². The highest BCUT2D eigenvalue weighted by Crippen LogP contribution is 2.14. The van der Waals surface area contributed by atoms with E-state index in [2.05, 4.69) is 38.8 Å². The zero-order chi connectivity index (χ0) is 44.1. The van der Waals surface area contributed by atoms with Crippen molar-refractivity contribution >= 4 is 41.4 Å². The van der Waals surface area contributed by atoms with Gasteiger partial charge in [0.15, 0.2) is 0 Å². The Bertz CT molecular complexity index is 1370. The topological polar surface area (TPSA) is 262 Å². The first kappa shape index (κ1) is 51.9. The van der Waals surface area contributed by atoms with Crippen molar-refractivity contribution in [3.63, 3.8) is 0 Å².